The molecule has 0 aliphatic heterocycles. The summed E-state index contributed by atoms with van der Waals surface area (Å²) >= 11 is 1.60. The molecule has 4 nitrogen and oxygen atoms in total. The van der Waals surface area contributed by atoms with Crippen LogP contribution in [0.1, 0.15) is 38.2 Å². The molecule has 1 aromatic carbocycles. The largest absolute Gasteiger partial charge is 0.332 e. The third-order valence-corrected chi connectivity index (χ3v) is 5.48. The lowest BCUT2D eigenvalue weighted by Gasteiger charge is -2.24. The van der Waals surface area contributed by atoms with Crippen molar-refractivity contribution in [3.8, 4) is 6.07 Å². The van der Waals surface area contributed by atoms with E-state index >= 15 is 0 Å². The second-order valence-corrected chi connectivity index (χ2v) is 7.55. The average molecular weight is 356 g/mol. The second-order valence-electron chi connectivity index (χ2n) is 6.41. The molecule has 2 aromatic rings. The molecule has 1 amide bonds. The van der Waals surface area contributed by atoms with E-state index in [2.05, 4.69) is 24.8 Å². The van der Waals surface area contributed by atoms with E-state index < -0.39 is 0 Å². The van der Waals surface area contributed by atoms with Gasteiger partial charge in [0, 0.05) is 24.5 Å². The van der Waals surface area contributed by atoms with Gasteiger partial charge < -0.3 is 9.80 Å². The predicted octanol–water partition coefficient (Wildman–Crippen LogP) is 3.69. The lowest BCUT2D eigenvalue weighted by Crippen LogP contribution is -2.35. The number of thiophene rings is 1. The number of aryl methyl sites for hydroxylation is 2. The number of hydrogen-bond donors (Lipinski definition) is 0. The third kappa shape index (κ3) is 5.15. The number of hydrogen-bond acceptors (Lipinski definition) is 4. The van der Waals surface area contributed by atoms with Crippen molar-refractivity contribution in [1.29, 1.82) is 5.26 Å². The minimum absolute atomic E-state index is 0.0824. The van der Waals surface area contributed by atoms with Gasteiger partial charge in [-0.05, 0) is 56.8 Å². The van der Waals surface area contributed by atoms with Crippen LogP contribution in [0.4, 0.5) is 0 Å². The Bertz CT molecular complexity index is 756. The van der Waals surface area contributed by atoms with Crippen molar-refractivity contribution in [2.45, 2.75) is 26.8 Å². The van der Waals surface area contributed by atoms with Crippen molar-refractivity contribution < 1.29 is 4.79 Å². The van der Waals surface area contributed by atoms with Gasteiger partial charge in [-0.3, -0.25) is 4.79 Å². The molecule has 0 saturated heterocycles. The van der Waals surface area contributed by atoms with Crippen molar-refractivity contribution in [2.75, 3.05) is 27.2 Å². The predicted molar refractivity (Wildman–Crippen MR) is 103 cm³/mol. The van der Waals surface area contributed by atoms with Crippen LogP contribution >= 0.6 is 11.3 Å². The summed E-state index contributed by atoms with van der Waals surface area (Å²) in [5.41, 5.74) is 2.87. The van der Waals surface area contributed by atoms with Gasteiger partial charge in [-0.15, -0.1) is 11.3 Å². The Labute approximate surface area is 154 Å². The number of amides is 1. The van der Waals surface area contributed by atoms with E-state index in [-0.39, 0.29) is 5.91 Å². The van der Waals surface area contributed by atoms with Crippen LogP contribution in [-0.4, -0.2) is 42.9 Å². The molecule has 0 unspecified atom stereocenters. The highest BCUT2D eigenvalue weighted by atomic mass is 32.1. The molecular weight excluding hydrogens is 330 g/mol. The van der Waals surface area contributed by atoms with Crippen LogP contribution in [0.25, 0.3) is 0 Å². The standard InChI is InChI=1S/C20H25N3OS/c1-5-18-15(2)12-19(25-18)20(24)23(11-10-22(3)4)14-17-8-6-16(13-21)7-9-17/h6-9,12H,5,10-11,14H2,1-4H3. The van der Waals surface area contributed by atoms with Crippen LogP contribution in [0.2, 0.25) is 0 Å². The zero-order chi connectivity index (χ0) is 18.4. The van der Waals surface area contributed by atoms with E-state index in [0.29, 0.717) is 18.7 Å². The fraction of sp³-hybridized carbons (Fsp3) is 0.400. The molecule has 0 aliphatic rings. The number of rotatable bonds is 7. The molecule has 0 atom stereocenters. The number of carbonyl (C=O) groups excluding carboxylic acids is 1. The number of carbonyl (C=O) groups is 1. The first kappa shape index (κ1) is 19.2. The van der Waals surface area contributed by atoms with Crippen molar-refractivity contribution in [1.82, 2.24) is 9.80 Å². The molecule has 0 fully saturated rings. The molecule has 2 rings (SSSR count). The minimum atomic E-state index is 0.0824. The van der Waals surface area contributed by atoms with Crippen molar-refractivity contribution in [3.05, 3.63) is 56.8 Å². The SMILES string of the molecule is CCc1sc(C(=O)N(CCN(C)C)Cc2ccc(C#N)cc2)cc1C. The van der Waals surface area contributed by atoms with Gasteiger partial charge in [0.15, 0.2) is 0 Å². The van der Waals surface area contributed by atoms with Gasteiger partial charge >= 0.3 is 0 Å². The number of nitrogens with zero attached hydrogens (tertiary/aromatic N) is 3. The minimum Gasteiger partial charge on any atom is -0.332 e. The van der Waals surface area contributed by atoms with E-state index in [4.69, 9.17) is 5.26 Å². The molecule has 1 heterocycles. The van der Waals surface area contributed by atoms with Gasteiger partial charge in [-0.25, -0.2) is 0 Å². The molecule has 1 aromatic heterocycles. The summed E-state index contributed by atoms with van der Waals surface area (Å²) in [5.74, 6) is 0.0824. The molecule has 132 valence electrons. The van der Waals surface area contributed by atoms with Gasteiger partial charge in [0.05, 0.1) is 16.5 Å². The molecule has 25 heavy (non-hydrogen) atoms. The lowest BCUT2D eigenvalue weighted by molar-refractivity contribution is 0.0737. The first-order valence-corrected chi connectivity index (χ1v) is 9.28. The Morgan fingerprint density at radius 2 is 1.88 bits per heavy atom. The Morgan fingerprint density at radius 3 is 2.40 bits per heavy atom. The van der Waals surface area contributed by atoms with Crippen molar-refractivity contribution in [3.63, 3.8) is 0 Å². The highest BCUT2D eigenvalue weighted by Crippen LogP contribution is 2.24. The van der Waals surface area contributed by atoms with Gasteiger partial charge in [0.25, 0.3) is 5.91 Å². The summed E-state index contributed by atoms with van der Waals surface area (Å²) in [4.78, 5) is 19.1. The van der Waals surface area contributed by atoms with Crippen molar-refractivity contribution >= 4 is 17.2 Å². The van der Waals surface area contributed by atoms with Crippen LogP contribution in [-0.2, 0) is 13.0 Å². The number of benzene rings is 1. The highest BCUT2D eigenvalue weighted by Gasteiger charge is 2.19. The quantitative estimate of drug-likeness (QED) is 0.761. The average Bonchev–Trinajstić information content (AvgIpc) is 2.99. The highest BCUT2D eigenvalue weighted by molar-refractivity contribution is 7.14. The maximum absolute atomic E-state index is 13.0. The molecule has 0 saturated carbocycles. The van der Waals surface area contributed by atoms with Crippen LogP contribution < -0.4 is 0 Å². The Balaban J connectivity index is 2.21. The number of nitriles is 1. The fourth-order valence-corrected chi connectivity index (χ4v) is 3.69. The first-order valence-electron chi connectivity index (χ1n) is 8.47. The Kier molecular flexibility index (Phi) is 6.74. The molecule has 0 bridgehead atoms. The molecule has 5 heteroatoms. The normalized spacial score (nSPS) is 10.7. The third-order valence-electron chi connectivity index (χ3n) is 4.11. The van der Waals surface area contributed by atoms with Gasteiger partial charge in [-0.1, -0.05) is 19.1 Å². The first-order chi connectivity index (χ1) is 11.9. The molecule has 0 aliphatic carbocycles. The zero-order valence-electron chi connectivity index (χ0n) is 15.4. The lowest BCUT2D eigenvalue weighted by atomic mass is 10.1. The molecule has 0 N–H and O–H groups in total. The second kappa shape index (κ2) is 8.80. The maximum Gasteiger partial charge on any atom is 0.264 e. The van der Waals surface area contributed by atoms with Crippen molar-refractivity contribution in [2.24, 2.45) is 0 Å². The summed E-state index contributed by atoms with van der Waals surface area (Å²) in [7, 11) is 4.02. The topological polar surface area (TPSA) is 47.3 Å². The summed E-state index contributed by atoms with van der Waals surface area (Å²) < 4.78 is 0. The summed E-state index contributed by atoms with van der Waals surface area (Å²) in [5, 5.41) is 8.93. The smallest absolute Gasteiger partial charge is 0.264 e. The summed E-state index contributed by atoms with van der Waals surface area (Å²) in [6.45, 7) is 6.22. The molecule has 0 spiro atoms. The van der Waals surface area contributed by atoms with E-state index in [0.717, 1.165) is 23.4 Å². The number of likely N-dealkylation sites (N-methyl/N-ethyl adjacent to an activating group) is 1. The van der Waals surface area contributed by atoms with E-state index in [1.807, 2.05) is 37.2 Å². The van der Waals surface area contributed by atoms with Crippen LogP contribution in [0.3, 0.4) is 0 Å². The van der Waals surface area contributed by atoms with Gasteiger partial charge in [0.2, 0.25) is 0 Å². The molecule has 0 radical (unpaired) electrons. The van der Waals surface area contributed by atoms with Gasteiger partial charge in [0.1, 0.15) is 0 Å². The fourth-order valence-electron chi connectivity index (χ4n) is 2.61. The maximum atomic E-state index is 13.0. The Hall–Kier alpha value is -2.16. The molecular formula is C20H25N3OS. The zero-order valence-corrected chi connectivity index (χ0v) is 16.2. The summed E-state index contributed by atoms with van der Waals surface area (Å²) in [6, 6.07) is 11.6. The van der Waals surface area contributed by atoms with Gasteiger partial charge in [-0.2, -0.15) is 5.26 Å². The Morgan fingerprint density at radius 1 is 1.20 bits per heavy atom. The van der Waals surface area contributed by atoms with Crippen LogP contribution in [0.5, 0.6) is 0 Å². The van der Waals surface area contributed by atoms with Crippen LogP contribution in [0, 0.1) is 18.3 Å². The summed E-state index contributed by atoms with van der Waals surface area (Å²) in [6.07, 6.45) is 0.955. The van der Waals surface area contributed by atoms with Crippen LogP contribution in [0.15, 0.2) is 30.3 Å². The van der Waals surface area contributed by atoms with E-state index in [9.17, 15) is 4.79 Å². The van der Waals surface area contributed by atoms with E-state index in [1.54, 1.807) is 23.5 Å². The monoisotopic (exact) mass is 355 g/mol. The van der Waals surface area contributed by atoms with E-state index in [1.165, 1.54) is 10.4 Å².